The molecule has 5 heteroatoms. The summed E-state index contributed by atoms with van der Waals surface area (Å²) in [5, 5.41) is 4.59. The lowest BCUT2D eigenvalue weighted by atomic mass is 9.98. The maximum atomic E-state index is 5.51. The van der Waals surface area contributed by atoms with Gasteiger partial charge in [0.05, 0.1) is 18.3 Å². The average molecular weight is 267 g/mol. The highest BCUT2D eigenvalue weighted by molar-refractivity contribution is 7.15. The molecule has 1 aliphatic heterocycles. The summed E-state index contributed by atoms with van der Waals surface area (Å²) in [6.07, 6.45) is 4.81. The van der Waals surface area contributed by atoms with Gasteiger partial charge in [-0.05, 0) is 32.7 Å². The second kappa shape index (κ2) is 5.55. The molecule has 2 aliphatic rings. The van der Waals surface area contributed by atoms with Crippen LogP contribution in [0.25, 0.3) is 0 Å². The van der Waals surface area contributed by atoms with Crippen molar-refractivity contribution in [2.24, 2.45) is 0 Å². The first-order chi connectivity index (χ1) is 8.88. The van der Waals surface area contributed by atoms with Crippen molar-refractivity contribution in [1.82, 2.24) is 10.3 Å². The van der Waals surface area contributed by atoms with E-state index in [0.717, 1.165) is 32.7 Å². The van der Waals surface area contributed by atoms with E-state index in [-0.39, 0.29) is 0 Å². The lowest BCUT2D eigenvalue weighted by Gasteiger charge is -2.20. The third-order valence-electron chi connectivity index (χ3n) is 3.78. The number of thiazole rings is 1. The van der Waals surface area contributed by atoms with Crippen LogP contribution in [0.5, 0.6) is 0 Å². The predicted molar refractivity (Wildman–Crippen MR) is 74.5 cm³/mol. The van der Waals surface area contributed by atoms with Crippen molar-refractivity contribution in [3.8, 4) is 0 Å². The minimum atomic E-state index is 0.460. The molecule has 1 aliphatic carbocycles. The van der Waals surface area contributed by atoms with E-state index in [0.29, 0.717) is 6.04 Å². The van der Waals surface area contributed by atoms with Gasteiger partial charge < -0.3 is 15.0 Å². The molecule has 1 aromatic heterocycles. The van der Waals surface area contributed by atoms with Gasteiger partial charge in [0.1, 0.15) is 0 Å². The summed E-state index contributed by atoms with van der Waals surface area (Å²) < 4.78 is 5.51. The van der Waals surface area contributed by atoms with E-state index in [1.54, 1.807) is 0 Å². The summed E-state index contributed by atoms with van der Waals surface area (Å²) in [5.74, 6) is 0. The van der Waals surface area contributed by atoms with Gasteiger partial charge in [0.25, 0.3) is 0 Å². The molecule has 18 heavy (non-hydrogen) atoms. The Morgan fingerprint density at radius 1 is 1.33 bits per heavy atom. The molecule has 2 heterocycles. The molecular formula is C13H21N3OS. The molecular weight excluding hydrogens is 246 g/mol. The fourth-order valence-corrected chi connectivity index (χ4v) is 3.97. The van der Waals surface area contributed by atoms with E-state index in [1.165, 1.54) is 35.0 Å². The Morgan fingerprint density at radius 3 is 3.17 bits per heavy atom. The van der Waals surface area contributed by atoms with Gasteiger partial charge in [-0.3, -0.25) is 0 Å². The highest BCUT2D eigenvalue weighted by Crippen LogP contribution is 2.36. The van der Waals surface area contributed by atoms with Crippen LogP contribution in [0.15, 0.2) is 0 Å². The summed E-state index contributed by atoms with van der Waals surface area (Å²) in [5.41, 5.74) is 1.30. The van der Waals surface area contributed by atoms with Gasteiger partial charge in [0, 0.05) is 24.6 Å². The summed E-state index contributed by atoms with van der Waals surface area (Å²) in [7, 11) is 2.04. The number of anilines is 1. The van der Waals surface area contributed by atoms with Crippen LogP contribution >= 0.6 is 11.3 Å². The van der Waals surface area contributed by atoms with E-state index in [4.69, 9.17) is 9.72 Å². The van der Waals surface area contributed by atoms with E-state index in [9.17, 15) is 0 Å². The summed E-state index contributed by atoms with van der Waals surface area (Å²) in [6, 6.07) is 0.460. The van der Waals surface area contributed by atoms with Crippen LogP contribution in [0.3, 0.4) is 0 Å². The predicted octanol–water partition coefficient (Wildman–Crippen LogP) is 1.97. The van der Waals surface area contributed by atoms with Crippen molar-refractivity contribution in [3.05, 3.63) is 10.6 Å². The molecule has 0 radical (unpaired) electrons. The first-order valence-electron chi connectivity index (χ1n) is 6.88. The van der Waals surface area contributed by atoms with Gasteiger partial charge in [-0.1, -0.05) is 0 Å². The van der Waals surface area contributed by atoms with Gasteiger partial charge >= 0.3 is 0 Å². The van der Waals surface area contributed by atoms with Crippen LogP contribution in [-0.2, 0) is 11.2 Å². The lowest BCUT2D eigenvalue weighted by molar-refractivity contribution is 0.152. The Hall–Kier alpha value is -0.650. The maximum absolute atomic E-state index is 5.51. The Labute approximate surface area is 112 Å². The first kappa shape index (κ1) is 12.4. The normalized spacial score (nSPS) is 24.7. The maximum Gasteiger partial charge on any atom is 0.185 e. The van der Waals surface area contributed by atoms with E-state index in [2.05, 4.69) is 10.2 Å². The molecule has 0 aromatic carbocycles. The standard InChI is InChI=1S/C13H21N3OS/c1-14-10-4-2-5-11-12(10)15-13(18-11)16-6-3-8-17-9-7-16/h10,14H,2-9H2,1H3. The molecule has 0 bridgehead atoms. The third-order valence-corrected chi connectivity index (χ3v) is 4.98. The van der Waals surface area contributed by atoms with E-state index < -0.39 is 0 Å². The quantitative estimate of drug-likeness (QED) is 0.889. The summed E-state index contributed by atoms with van der Waals surface area (Å²) >= 11 is 1.89. The Balaban J connectivity index is 1.82. The van der Waals surface area contributed by atoms with Crippen molar-refractivity contribution in [3.63, 3.8) is 0 Å². The third kappa shape index (κ3) is 2.39. The zero-order chi connectivity index (χ0) is 12.4. The molecule has 1 fully saturated rings. The SMILES string of the molecule is CNC1CCCc2sc(N3CCCOCC3)nc21. The molecule has 1 saturated heterocycles. The molecule has 1 unspecified atom stereocenters. The average Bonchev–Trinajstić information content (AvgIpc) is 2.65. The second-order valence-corrected chi connectivity index (χ2v) is 6.05. The van der Waals surface area contributed by atoms with Gasteiger partial charge in [0.2, 0.25) is 0 Å². The van der Waals surface area contributed by atoms with Crippen LogP contribution in [0.1, 0.15) is 35.9 Å². The number of ether oxygens (including phenoxy) is 1. The molecule has 4 nitrogen and oxygen atoms in total. The van der Waals surface area contributed by atoms with Crippen molar-refractivity contribution in [2.45, 2.75) is 31.7 Å². The van der Waals surface area contributed by atoms with Gasteiger partial charge in [-0.15, -0.1) is 11.3 Å². The monoisotopic (exact) mass is 267 g/mol. The van der Waals surface area contributed by atoms with Gasteiger partial charge in [-0.25, -0.2) is 4.98 Å². The van der Waals surface area contributed by atoms with Crippen LogP contribution in [0, 0.1) is 0 Å². The first-order valence-corrected chi connectivity index (χ1v) is 7.69. The van der Waals surface area contributed by atoms with Crippen molar-refractivity contribution >= 4 is 16.5 Å². The van der Waals surface area contributed by atoms with Crippen molar-refractivity contribution in [2.75, 3.05) is 38.3 Å². The molecule has 0 saturated carbocycles. The number of fused-ring (bicyclic) bond motifs is 1. The highest BCUT2D eigenvalue weighted by Gasteiger charge is 2.25. The van der Waals surface area contributed by atoms with Crippen molar-refractivity contribution in [1.29, 1.82) is 0 Å². The Kier molecular flexibility index (Phi) is 3.82. The highest BCUT2D eigenvalue weighted by atomic mass is 32.1. The molecule has 1 N–H and O–H groups in total. The zero-order valence-corrected chi connectivity index (χ0v) is 11.8. The molecule has 1 aromatic rings. The minimum absolute atomic E-state index is 0.460. The van der Waals surface area contributed by atoms with Crippen LogP contribution in [0.4, 0.5) is 5.13 Å². The molecule has 100 valence electrons. The van der Waals surface area contributed by atoms with Crippen LogP contribution in [-0.4, -0.2) is 38.3 Å². The number of aromatic nitrogens is 1. The van der Waals surface area contributed by atoms with E-state index >= 15 is 0 Å². The van der Waals surface area contributed by atoms with Crippen LogP contribution < -0.4 is 10.2 Å². The number of nitrogens with one attached hydrogen (secondary N) is 1. The zero-order valence-electron chi connectivity index (χ0n) is 10.9. The molecule has 3 rings (SSSR count). The summed E-state index contributed by atoms with van der Waals surface area (Å²) in [4.78, 5) is 8.77. The number of nitrogens with zero attached hydrogens (tertiary/aromatic N) is 2. The molecule has 0 spiro atoms. The summed E-state index contributed by atoms with van der Waals surface area (Å²) in [6.45, 7) is 3.79. The van der Waals surface area contributed by atoms with Gasteiger partial charge in [-0.2, -0.15) is 0 Å². The number of rotatable bonds is 2. The van der Waals surface area contributed by atoms with Gasteiger partial charge in [0.15, 0.2) is 5.13 Å². The fraction of sp³-hybridized carbons (Fsp3) is 0.769. The largest absolute Gasteiger partial charge is 0.380 e. The number of aryl methyl sites for hydroxylation is 1. The topological polar surface area (TPSA) is 37.4 Å². The Bertz CT molecular complexity index is 399. The molecule has 1 atom stereocenters. The molecule has 0 amide bonds. The van der Waals surface area contributed by atoms with E-state index in [1.807, 2.05) is 18.4 Å². The van der Waals surface area contributed by atoms with Crippen LogP contribution in [0.2, 0.25) is 0 Å². The Morgan fingerprint density at radius 2 is 2.28 bits per heavy atom. The minimum Gasteiger partial charge on any atom is -0.380 e. The lowest BCUT2D eigenvalue weighted by Crippen LogP contribution is -2.26. The van der Waals surface area contributed by atoms with Crippen molar-refractivity contribution < 1.29 is 4.74 Å². The number of hydrogen-bond donors (Lipinski definition) is 1. The smallest absolute Gasteiger partial charge is 0.185 e. The second-order valence-electron chi connectivity index (χ2n) is 4.99. The fourth-order valence-electron chi connectivity index (χ4n) is 2.76. The number of hydrogen-bond acceptors (Lipinski definition) is 5.